The number of halogens is 4. The lowest BCUT2D eigenvalue weighted by Gasteiger charge is -2.09. The lowest BCUT2D eigenvalue weighted by molar-refractivity contribution is -0.141. The average Bonchev–Trinajstić information content (AvgIpc) is 2.75. The van der Waals surface area contributed by atoms with Gasteiger partial charge >= 0.3 is 6.18 Å². The van der Waals surface area contributed by atoms with Crippen LogP contribution >= 0.6 is 15.9 Å². The van der Waals surface area contributed by atoms with E-state index in [1.54, 1.807) is 36.0 Å². The molecule has 0 bridgehead atoms. The zero-order valence-electron chi connectivity index (χ0n) is 11.8. The largest absolute Gasteiger partial charge is 0.406 e. The molecule has 0 saturated carbocycles. The van der Waals surface area contributed by atoms with Crippen LogP contribution in [0.5, 0.6) is 0 Å². The Morgan fingerprint density at radius 2 is 2.00 bits per heavy atom. The summed E-state index contributed by atoms with van der Waals surface area (Å²) in [5.74, 6) is 0. The molecule has 0 aliphatic carbocycles. The van der Waals surface area contributed by atoms with E-state index in [1.807, 2.05) is 0 Å². The summed E-state index contributed by atoms with van der Waals surface area (Å²) in [4.78, 5) is 20.7. The van der Waals surface area contributed by atoms with Gasteiger partial charge in [0.15, 0.2) is 0 Å². The Labute approximate surface area is 136 Å². The van der Waals surface area contributed by atoms with Crippen LogP contribution in [0.2, 0.25) is 0 Å². The van der Waals surface area contributed by atoms with Crippen LogP contribution in [0.3, 0.4) is 0 Å². The molecule has 3 heterocycles. The second-order valence-corrected chi connectivity index (χ2v) is 5.68. The summed E-state index contributed by atoms with van der Waals surface area (Å²) in [5.41, 5.74) is 0.445. The number of pyridine rings is 1. The van der Waals surface area contributed by atoms with E-state index in [9.17, 15) is 18.0 Å². The van der Waals surface area contributed by atoms with E-state index in [4.69, 9.17) is 0 Å². The SMILES string of the molecule is Cn1c(Br)c(-c2ccccn2)c2c(=O)n(CC(F)(F)F)cnc21. The highest BCUT2D eigenvalue weighted by Gasteiger charge is 2.30. The molecule has 0 atom stereocenters. The maximum Gasteiger partial charge on any atom is 0.406 e. The van der Waals surface area contributed by atoms with Gasteiger partial charge in [0.25, 0.3) is 5.56 Å². The van der Waals surface area contributed by atoms with E-state index in [2.05, 4.69) is 25.9 Å². The van der Waals surface area contributed by atoms with Crippen molar-refractivity contribution in [3.63, 3.8) is 0 Å². The van der Waals surface area contributed by atoms with Gasteiger partial charge in [0, 0.05) is 18.8 Å². The fourth-order valence-corrected chi connectivity index (χ4v) is 2.94. The lowest BCUT2D eigenvalue weighted by Crippen LogP contribution is -2.28. The van der Waals surface area contributed by atoms with Crippen molar-refractivity contribution in [2.75, 3.05) is 0 Å². The van der Waals surface area contributed by atoms with Gasteiger partial charge < -0.3 is 4.57 Å². The van der Waals surface area contributed by atoms with Gasteiger partial charge in [-0.2, -0.15) is 13.2 Å². The molecule has 3 aromatic rings. The smallest absolute Gasteiger partial charge is 0.322 e. The van der Waals surface area contributed by atoms with Gasteiger partial charge in [0.05, 0.1) is 15.7 Å². The van der Waals surface area contributed by atoms with E-state index in [0.717, 1.165) is 6.33 Å². The highest BCUT2D eigenvalue weighted by Crippen LogP contribution is 2.34. The molecule has 0 unspecified atom stereocenters. The van der Waals surface area contributed by atoms with Crippen LogP contribution in [0, 0.1) is 0 Å². The Morgan fingerprint density at radius 1 is 1.26 bits per heavy atom. The quantitative estimate of drug-likeness (QED) is 0.679. The number of aromatic nitrogens is 4. The molecule has 0 fully saturated rings. The summed E-state index contributed by atoms with van der Waals surface area (Å²) in [6.45, 7) is -1.39. The van der Waals surface area contributed by atoms with Crippen LogP contribution in [0.15, 0.2) is 40.1 Å². The Bertz CT molecular complexity index is 931. The van der Waals surface area contributed by atoms with Crippen LogP contribution in [0.1, 0.15) is 0 Å². The fraction of sp³-hybridized carbons (Fsp3) is 0.214. The average molecular weight is 387 g/mol. The second kappa shape index (κ2) is 5.48. The number of rotatable bonds is 2. The molecule has 3 rings (SSSR count). The fourth-order valence-electron chi connectivity index (χ4n) is 2.37. The molecule has 5 nitrogen and oxygen atoms in total. The molecule has 120 valence electrons. The van der Waals surface area contributed by atoms with Gasteiger partial charge in [-0.1, -0.05) is 6.07 Å². The van der Waals surface area contributed by atoms with Crippen molar-refractivity contribution < 1.29 is 13.2 Å². The summed E-state index contributed by atoms with van der Waals surface area (Å²) < 4.78 is 40.5. The van der Waals surface area contributed by atoms with Crippen molar-refractivity contribution in [1.29, 1.82) is 0 Å². The number of alkyl halides is 3. The minimum absolute atomic E-state index is 0.102. The summed E-state index contributed by atoms with van der Waals surface area (Å²) in [6, 6.07) is 5.13. The van der Waals surface area contributed by atoms with E-state index >= 15 is 0 Å². The molecule has 0 saturated heterocycles. The first-order valence-electron chi connectivity index (χ1n) is 6.51. The van der Waals surface area contributed by atoms with Crippen LogP contribution in [0.4, 0.5) is 13.2 Å². The molecule has 0 aromatic carbocycles. The molecule has 9 heteroatoms. The molecule has 0 radical (unpaired) electrons. The van der Waals surface area contributed by atoms with Gasteiger partial charge in [0.1, 0.15) is 18.5 Å². The van der Waals surface area contributed by atoms with E-state index in [0.29, 0.717) is 26.1 Å². The first kappa shape index (κ1) is 15.7. The number of nitrogens with zero attached hydrogens (tertiary/aromatic N) is 4. The molecule has 0 aliphatic rings. The predicted octanol–water partition coefficient (Wildman–Crippen LogP) is 3.12. The van der Waals surface area contributed by atoms with Crippen molar-refractivity contribution in [3.05, 3.63) is 45.7 Å². The third kappa shape index (κ3) is 2.76. The maximum atomic E-state index is 12.6. The van der Waals surface area contributed by atoms with Gasteiger partial charge in [-0.25, -0.2) is 4.98 Å². The summed E-state index contributed by atoms with van der Waals surface area (Å²) in [5, 5.41) is 0.102. The van der Waals surface area contributed by atoms with Crippen molar-refractivity contribution in [2.45, 2.75) is 12.7 Å². The number of hydrogen-bond donors (Lipinski definition) is 0. The Kier molecular flexibility index (Phi) is 3.75. The van der Waals surface area contributed by atoms with Gasteiger partial charge in [-0.05, 0) is 28.1 Å². The van der Waals surface area contributed by atoms with Crippen LogP contribution in [-0.2, 0) is 13.6 Å². The molecule has 0 aliphatic heterocycles. The third-order valence-electron chi connectivity index (χ3n) is 3.36. The zero-order valence-corrected chi connectivity index (χ0v) is 13.4. The van der Waals surface area contributed by atoms with Gasteiger partial charge in [0.2, 0.25) is 0 Å². The monoisotopic (exact) mass is 386 g/mol. The molecule has 0 amide bonds. The first-order valence-corrected chi connectivity index (χ1v) is 7.30. The molecule has 3 aromatic heterocycles. The summed E-state index contributed by atoms with van der Waals surface area (Å²) in [6.07, 6.45) is -2.05. The highest BCUT2D eigenvalue weighted by atomic mass is 79.9. The van der Waals surface area contributed by atoms with Crippen LogP contribution < -0.4 is 5.56 Å². The Hall–Kier alpha value is -2.16. The highest BCUT2D eigenvalue weighted by molar-refractivity contribution is 9.10. The molecule has 0 spiro atoms. The molecular weight excluding hydrogens is 377 g/mol. The molecule has 23 heavy (non-hydrogen) atoms. The van der Waals surface area contributed by atoms with Crippen molar-refractivity contribution in [1.82, 2.24) is 19.1 Å². The number of aryl methyl sites for hydroxylation is 1. The van der Waals surface area contributed by atoms with Crippen molar-refractivity contribution >= 4 is 27.0 Å². The normalized spacial score (nSPS) is 12.0. The van der Waals surface area contributed by atoms with Crippen molar-refractivity contribution in [3.8, 4) is 11.3 Å². The van der Waals surface area contributed by atoms with Gasteiger partial charge in [-0.3, -0.25) is 14.3 Å². The Morgan fingerprint density at radius 3 is 2.61 bits per heavy atom. The standard InChI is InChI=1S/C14H10BrF3N4O/c1-21-11(15)9(8-4-2-3-5-19-8)10-12(21)20-7-22(13(10)23)6-14(16,17)18/h2-5,7H,6H2,1H3. The van der Waals surface area contributed by atoms with Gasteiger partial charge in [-0.15, -0.1) is 0 Å². The second-order valence-electron chi connectivity index (χ2n) is 4.93. The van der Waals surface area contributed by atoms with E-state index < -0.39 is 18.3 Å². The number of hydrogen-bond acceptors (Lipinski definition) is 3. The zero-order chi connectivity index (χ0) is 16.8. The maximum absolute atomic E-state index is 12.6. The summed E-state index contributed by atoms with van der Waals surface area (Å²) in [7, 11) is 1.67. The van der Waals surface area contributed by atoms with E-state index in [1.165, 1.54) is 0 Å². The van der Waals surface area contributed by atoms with Crippen LogP contribution in [0.25, 0.3) is 22.3 Å². The minimum atomic E-state index is -4.50. The minimum Gasteiger partial charge on any atom is -0.322 e. The number of fused-ring (bicyclic) bond motifs is 1. The van der Waals surface area contributed by atoms with E-state index in [-0.39, 0.29) is 5.39 Å². The predicted molar refractivity (Wildman–Crippen MR) is 82.0 cm³/mol. The molecule has 0 N–H and O–H groups in total. The Balaban J connectivity index is 2.34. The first-order chi connectivity index (χ1) is 10.8. The van der Waals surface area contributed by atoms with Crippen LogP contribution in [-0.4, -0.2) is 25.3 Å². The third-order valence-corrected chi connectivity index (χ3v) is 4.29. The van der Waals surface area contributed by atoms with Crippen molar-refractivity contribution in [2.24, 2.45) is 7.05 Å². The topological polar surface area (TPSA) is 52.7 Å². The molecular formula is C14H10BrF3N4O. The summed E-state index contributed by atoms with van der Waals surface area (Å²) >= 11 is 3.36. The lowest BCUT2D eigenvalue weighted by atomic mass is 10.1.